The number of pyridine rings is 1. The van der Waals surface area contributed by atoms with Gasteiger partial charge in [0.25, 0.3) is 0 Å². The largest absolute Gasteiger partial charge is 0.383 e. The number of anilines is 1. The number of rotatable bonds is 3. The Labute approximate surface area is 115 Å². The second kappa shape index (κ2) is 4.40. The fourth-order valence-electron chi connectivity index (χ4n) is 2.96. The van der Waals surface area contributed by atoms with Crippen LogP contribution in [0.15, 0.2) is 34.1 Å². The number of fused-ring (bicyclic) bond motifs is 2. The van der Waals surface area contributed by atoms with Gasteiger partial charge in [-0.15, -0.1) is 0 Å². The maximum absolute atomic E-state index is 8.97. The minimum Gasteiger partial charge on any atom is -0.383 e. The Balaban J connectivity index is 1.64. The molecule has 0 unspecified atom stereocenters. The average molecular weight is 304 g/mol. The van der Waals surface area contributed by atoms with Crippen LogP contribution in [0.4, 0.5) is 5.69 Å². The van der Waals surface area contributed by atoms with Crippen LogP contribution in [0.5, 0.6) is 0 Å². The van der Waals surface area contributed by atoms with Crippen molar-refractivity contribution in [2.45, 2.75) is 25.7 Å². The van der Waals surface area contributed by atoms with E-state index in [1.165, 1.54) is 5.57 Å². The first-order valence-corrected chi connectivity index (χ1v) is 6.96. The first-order valence-electron chi connectivity index (χ1n) is 6.16. The van der Waals surface area contributed by atoms with Crippen LogP contribution in [0.1, 0.15) is 25.7 Å². The minimum atomic E-state index is 0.387. The van der Waals surface area contributed by atoms with Crippen LogP contribution in [0.25, 0.3) is 0 Å². The van der Waals surface area contributed by atoms with Crippen molar-refractivity contribution in [2.75, 3.05) is 11.9 Å². The van der Waals surface area contributed by atoms with E-state index in [0.717, 1.165) is 48.0 Å². The summed E-state index contributed by atoms with van der Waals surface area (Å²) in [6.45, 7) is 0.980. The van der Waals surface area contributed by atoms with E-state index in [1.807, 2.05) is 12.3 Å². The molecule has 18 heavy (non-hydrogen) atoms. The van der Waals surface area contributed by atoms with E-state index in [1.54, 1.807) is 6.20 Å². The highest BCUT2D eigenvalue weighted by Gasteiger charge is 2.44. The number of allylic oxidation sites excluding steroid dienone is 2. The summed E-state index contributed by atoms with van der Waals surface area (Å²) in [6, 6.07) is 4.38. The van der Waals surface area contributed by atoms with Gasteiger partial charge in [-0.2, -0.15) is 5.26 Å². The van der Waals surface area contributed by atoms with Gasteiger partial charge in [-0.25, -0.2) is 0 Å². The van der Waals surface area contributed by atoms with E-state index in [9.17, 15) is 0 Å². The fraction of sp³-hybridized carbons (Fsp3) is 0.429. The van der Waals surface area contributed by atoms with Gasteiger partial charge in [-0.3, -0.25) is 4.98 Å². The maximum Gasteiger partial charge on any atom is 0.0946 e. The zero-order chi connectivity index (χ0) is 12.6. The van der Waals surface area contributed by atoms with Gasteiger partial charge in [0.05, 0.1) is 18.0 Å². The first kappa shape index (κ1) is 11.7. The topological polar surface area (TPSA) is 48.7 Å². The number of hydrogen-bond acceptors (Lipinski definition) is 3. The monoisotopic (exact) mass is 303 g/mol. The van der Waals surface area contributed by atoms with Crippen LogP contribution < -0.4 is 5.32 Å². The Morgan fingerprint density at radius 1 is 1.44 bits per heavy atom. The van der Waals surface area contributed by atoms with Crippen molar-refractivity contribution in [2.24, 2.45) is 5.41 Å². The molecule has 0 spiro atoms. The number of aromatic nitrogens is 1. The second-order valence-corrected chi connectivity index (χ2v) is 6.21. The molecule has 2 bridgehead atoms. The predicted octanol–water partition coefficient (Wildman–Crippen LogP) is 3.65. The maximum atomic E-state index is 8.97. The molecule has 1 saturated carbocycles. The Morgan fingerprint density at radius 2 is 2.28 bits per heavy atom. The molecule has 0 aromatic carbocycles. The number of nitrogens with zero attached hydrogens (tertiary/aromatic N) is 2. The Morgan fingerprint density at radius 3 is 2.89 bits per heavy atom. The highest BCUT2D eigenvalue weighted by Crippen LogP contribution is 2.54. The quantitative estimate of drug-likeness (QED) is 0.927. The van der Waals surface area contributed by atoms with E-state index < -0.39 is 0 Å². The van der Waals surface area contributed by atoms with Crippen LogP contribution in [-0.4, -0.2) is 11.5 Å². The van der Waals surface area contributed by atoms with Gasteiger partial charge < -0.3 is 5.32 Å². The molecule has 0 amide bonds. The molecule has 0 aliphatic heterocycles. The summed E-state index contributed by atoms with van der Waals surface area (Å²) in [5, 5.41) is 12.4. The number of nitriles is 1. The van der Waals surface area contributed by atoms with Gasteiger partial charge >= 0.3 is 0 Å². The molecular weight excluding hydrogens is 290 g/mol. The molecule has 1 fully saturated rings. The molecule has 0 radical (unpaired) electrons. The lowest BCUT2D eigenvalue weighted by Gasteiger charge is -2.48. The first-order chi connectivity index (χ1) is 8.71. The lowest BCUT2D eigenvalue weighted by molar-refractivity contribution is 0.184. The summed E-state index contributed by atoms with van der Waals surface area (Å²) in [4.78, 5) is 4.15. The van der Waals surface area contributed by atoms with Gasteiger partial charge in [-0.05, 0) is 53.1 Å². The molecule has 4 rings (SSSR count). The van der Waals surface area contributed by atoms with Crippen LogP contribution in [-0.2, 0) is 0 Å². The Kier molecular flexibility index (Phi) is 2.87. The lowest BCUT2D eigenvalue weighted by Crippen LogP contribution is -2.41. The zero-order valence-corrected chi connectivity index (χ0v) is 11.6. The molecule has 1 heterocycles. The summed E-state index contributed by atoms with van der Waals surface area (Å²) < 4.78 is 0.995. The second-order valence-electron chi connectivity index (χ2n) is 5.29. The van der Waals surface area contributed by atoms with Crippen LogP contribution in [0.2, 0.25) is 0 Å². The van der Waals surface area contributed by atoms with Gasteiger partial charge in [0.2, 0.25) is 0 Å². The SMILES string of the molecule is N#CC1=C2CC(CNc3cncc(Br)c3)(CC1)C2. The predicted molar refractivity (Wildman–Crippen MR) is 74.0 cm³/mol. The molecule has 0 saturated heterocycles. The highest BCUT2D eigenvalue weighted by molar-refractivity contribution is 9.10. The van der Waals surface area contributed by atoms with E-state index in [2.05, 4.69) is 32.3 Å². The van der Waals surface area contributed by atoms with Crippen molar-refractivity contribution >= 4 is 21.6 Å². The van der Waals surface area contributed by atoms with Crippen LogP contribution in [0, 0.1) is 16.7 Å². The van der Waals surface area contributed by atoms with Gasteiger partial charge in [0.1, 0.15) is 0 Å². The average Bonchev–Trinajstić information content (AvgIpc) is 2.35. The van der Waals surface area contributed by atoms with Crippen molar-refractivity contribution in [3.8, 4) is 6.07 Å². The van der Waals surface area contributed by atoms with Crippen molar-refractivity contribution in [3.63, 3.8) is 0 Å². The smallest absolute Gasteiger partial charge is 0.0946 e. The molecule has 92 valence electrons. The third kappa shape index (κ3) is 2.04. The number of hydrogen-bond donors (Lipinski definition) is 1. The molecule has 4 heteroatoms. The molecular formula is C14H14BrN3. The summed E-state index contributed by atoms with van der Waals surface area (Å²) in [5.41, 5.74) is 3.87. The lowest BCUT2D eigenvalue weighted by atomic mass is 9.57. The Hall–Kier alpha value is -1.34. The van der Waals surface area contributed by atoms with Crippen molar-refractivity contribution < 1.29 is 0 Å². The minimum absolute atomic E-state index is 0.387. The molecule has 1 aromatic heterocycles. The van der Waals surface area contributed by atoms with E-state index in [4.69, 9.17) is 5.26 Å². The van der Waals surface area contributed by atoms with Gasteiger partial charge in [-0.1, -0.05) is 5.57 Å². The third-order valence-corrected chi connectivity index (χ3v) is 4.45. The zero-order valence-electron chi connectivity index (χ0n) is 10.0. The summed E-state index contributed by atoms with van der Waals surface area (Å²) >= 11 is 3.42. The number of halogens is 1. The summed E-state index contributed by atoms with van der Waals surface area (Å²) in [5.74, 6) is 0. The number of nitrogens with one attached hydrogen (secondary N) is 1. The molecule has 1 aromatic rings. The van der Waals surface area contributed by atoms with Gasteiger partial charge in [0, 0.05) is 22.8 Å². The van der Waals surface area contributed by atoms with Crippen molar-refractivity contribution in [3.05, 3.63) is 34.1 Å². The van der Waals surface area contributed by atoms with E-state index >= 15 is 0 Å². The van der Waals surface area contributed by atoms with Gasteiger partial charge in [0.15, 0.2) is 0 Å². The summed E-state index contributed by atoms with van der Waals surface area (Å²) in [7, 11) is 0. The molecule has 0 atom stereocenters. The molecule has 3 aliphatic rings. The van der Waals surface area contributed by atoms with Crippen LogP contribution in [0.3, 0.4) is 0 Å². The van der Waals surface area contributed by atoms with E-state index in [0.29, 0.717) is 5.41 Å². The molecule has 1 N–H and O–H groups in total. The third-order valence-electron chi connectivity index (χ3n) is 4.02. The normalized spacial score (nSPS) is 20.0. The van der Waals surface area contributed by atoms with Crippen molar-refractivity contribution in [1.29, 1.82) is 5.26 Å². The van der Waals surface area contributed by atoms with Crippen LogP contribution >= 0.6 is 15.9 Å². The summed E-state index contributed by atoms with van der Waals surface area (Å²) in [6.07, 6.45) is 7.93. The highest BCUT2D eigenvalue weighted by atomic mass is 79.9. The Bertz CT molecular complexity index is 548. The standard InChI is InChI=1S/C14H14BrN3/c15-12-3-13(8-17-7-12)18-9-14-2-1-10(6-16)11(4-14)5-14/h3,7-8,18H,1-2,4-5,9H2. The fourth-order valence-corrected chi connectivity index (χ4v) is 3.32. The molecule has 3 aliphatic carbocycles. The molecule has 3 nitrogen and oxygen atoms in total. The van der Waals surface area contributed by atoms with E-state index in [-0.39, 0.29) is 0 Å². The van der Waals surface area contributed by atoms with Crippen molar-refractivity contribution in [1.82, 2.24) is 4.98 Å².